The summed E-state index contributed by atoms with van der Waals surface area (Å²) in [5, 5.41) is 25.5. The number of likely N-dealkylation sites (tertiary alicyclic amines) is 1. The average Bonchev–Trinajstić information content (AvgIpc) is 3.63. The van der Waals surface area contributed by atoms with E-state index in [-0.39, 0.29) is 43.6 Å². The third kappa shape index (κ3) is 16.1. The Morgan fingerprint density at radius 1 is 0.764 bits per heavy atom. The number of amides is 8. The highest BCUT2D eigenvalue weighted by Gasteiger charge is 2.39. The summed E-state index contributed by atoms with van der Waals surface area (Å²) in [6.07, 6.45) is 1.70. The predicted molar refractivity (Wildman–Crippen MR) is 203 cm³/mol. The Hall–Kier alpha value is -5.01. The number of primary amides is 1. The number of nitrogens with zero attached hydrogens (tertiary/aromatic N) is 2. The molecule has 20 heteroatoms. The largest absolute Gasteiger partial charge is 0.394 e. The van der Waals surface area contributed by atoms with Gasteiger partial charge in [-0.15, -0.1) is 0 Å². The van der Waals surface area contributed by atoms with Crippen LogP contribution in [0.2, 0.25) is 0 Å². The first-order valence-corrected chi connectivity index (χ1v) is 18.9. The minimum Gasteiger partial charge on any atom is -0.394 e. The van der Waals surface area contributed by atoms with Gasteiger partial charge in [0.1, 0.15) is 36.3 Å². The predicted octanol–water partition coefficient (Wildman–Crippen LogP) is -3.04. The van der Waals surface area contributed by atoms with E-state index in [2.05, 4.69) is 36.9 Å². The summed E-state index contributed by atoms with van der Waals surface area (Å²) >= 11 is 0. The normalized spacial score (nSPS) is 17.5. The van der Waals surface area contributed by atoms with Gasteiger partial charge in [-0.2, -0.15) is 0 Å². The van der Waals surface area contributed by atoms with Gasteiger partial charge in [0.05, 0.1) is 6.61 Å². The van der Waals surface area contributed by atoms with Crippen molar-refractivity contribution >= 4 is 53.2 Å². The molecule has 1 fully saturated rings. The summed E-state index contributed by atoms with van der Waals surface area (Å²) in [6, 6.07) is -7.09. The van der Waals surface area contributed by atoms with Gasteiger partial charge < -0.3 is 59.1 Å². The van der Waals surface area contributed by atoms with Gasteiger partial charge >= 0.3 is 0 Å². The van der Waals surface area contributed by atoms with Gasteiger partial charge in [0.25, 0.3) is 0 Å². The molecule has 0 spiro atoms. The van der Waals surface area contributed by atoms with Crippen LogP contribution in [0.1, 0.15) is 92.9 Å². The van der Waals surface area contributed by atoms with E-state index in [1.165, 1.54) is 11.8 Å². The second-order valence-corrected chi connectivity index (χ2v) is 13.8. The number of likely N-dealkylation sites (N-methyl/N-ethyl adjacent to an activating group) is 1. The molecular weight excluding hydrogens is 718 g/mol. The second kappa shape index (κ2) is 24.4. The molecule has 0 radical (unpaired) electrons. The van der Waals surface area contributed by atoms with Crippen molar-refractivity contribution in [1.82, 2.24) is 36.8 Å². The number of hydrogen-bond donors (Lipinski definition) is 10. The van der Waals surface area contributed by atoms with Crippen LogP contribution in [0.5, 0.6) is 0 Å². The lowest BCUT2D eigenvalue weighted by Gasteiger charge is -2.31. The molecular formula is C35H63N11O9. The summed E-state index contributed by atoms with van der Waals surface area (Å²) in [7, 11) is 0. The smallest absolute Gasteiger partial charge is 0.245 e. The molecule has 0 aliphatic carbocycles. The lowest BCUT2D eigenvalue weighted by atomic mass is 9.96. The number of carbonyl (C=O) groups excluding carboxylic acids is 8. The molecule has 0 unspecified atom stereocenters. The lowest BCUT2D eigenvalue weighted by molar-refractivity contribution is -0.142. The molecule has 1 saturated heterocycles. The van der Waals surface area contributed by atoms with Crippen molar-refractivity contribution in [3.05, 3.63) is 0 Å². The quantitative estimate of drug-likeness (QED) is 0.0267. The molecule has 20 nitrogen and oxygen atoms in total. The van der Waals surface area contributed by atoms with Crippen molar-refractivity contribution in [2.45, 2.75) is 129 Å². The maximum absolute atomic E-state index is 14.0. The van der Waals surface area contributed by atoms with E-state index in [1.54, 1.807) is 27.7 Å². The van der Waals surface area contributed by atoms with E-state index in [9.17, 15) is 43.5 Å². The van der Waals surface area contributed by atoms with Crippen LogP contribution < -0.4 is 49.1 Å². The fraction of sp³-hybridized carbons (Fsp3) is 0.743. The van der Waals surface area contributed by atoms with Gasteiger partial charge in [-0.3, -0.25) is 43.3 Å². The Morgan fingerprint density at radius 2 is 1.31 bits per heavy atom. The molecule has 312 valence electrons. The molecule has 0 aromatic heterocycles. The first-order chi connectivity index (χ1) is 25.9. The fourth-order valence-electron chi connectivity index (χ4n) is 5.98. The number of aliphatic imine (C=N–C) groups is 1. The van der Waals surface area contributed by atoms with Crippen molar-refractivity contribution in [1.29, 1.82) is 0 Å². The molecule has 0 aromatic rings. The molecule has 1 aliphatic rings. The van der Waals surface area contributed by atoms with E-state index in [4.69, 9.17) is 17.2 Å². The number of aliphatic hydroxyl groups is 1. The minimum atomic E-state index is -1.55. The Kier molecular flexibility index (Phi) is 21.3. The number of guanidine groups is 1. The van der Waals surface area contributed by atoms with E-state index in [0.717, 1.165) is 0 Å². The van der Waals surface area contributed by atoms with E-state index >= 15 is 0 Å². The lowest BCUT2D eigenvalue weighted by Crippen LogP contribution is -2.61. The van der Waals surface area contributed by atoms with E-state index < -0.39 is 90.1 Å². The monoisotopic (exact) mass is 781 g/mol. The number of aliphatic hydroxyl groups excluding tert-OH is 1. The molecule has 0 bridgehead atoms. The average molecular weight is 782 g/mol. The van der Waals surface area contributed by atoms with Crippen LogP contribution in [0.4, 0.5) is 0 Å². The van der Waals surface area contributed by atoms with E-state index in [0.29, 0.717) is 45.2 Å². The van der Waals surface area contributed by atoms with Crippen molar-refractivity contribution in [2.75, 3.05) is 26.2 Å². The van der Waals surface area contributed by atoms with Crippen LogP contribution in [-0.2, 0) is 38.4 Å². The third-order valence-electron chi connectivity index (χ3n) is 9.52. The minimum absolute atomic E-state index is 0.104. The standard InChI is InChI=1S/C35H63N11O9/c1-7-19(4)27(41-21(6)48)32(53)44-24(18-47)30(51)42-22(14-15-26(36)49)29(50)45-28(20(5)8-2)33(54)43-23(12-10-16-40-35(37)38)34(55)46-17-11-13-25(46)31(52)39-9-3/h19-20,22-25,27-28,47H,7-18H2,1-6H3,(H2,36,49)(H,39,52)(H,41,48)(H,42,51)(H,43,54)(H,44,53)(H,45,50)(H4,37,38,40)/t19-,20-,22-,23-,24-,25-,27+,28-/m0/s1. The Bertz CT molecular complexity index is 1370. The molecule has 8 atom stereocenters. The molecule has 0 saturated carbocycles. The van der Waals surface area contributed by atoms with Gasteiger partial charge in [0.15, 0.2) is 5.96 Å². The first kappa shape index (κ1) is 48.0. The van der Waals surface area contributed by atoms with Crippen molar-refractivity contribution in [2.24, 2.45) is 34.0 Å². The molecule has 1 aliphatic heterocycles. The summed E-state index contributed by atoms with van der Waals surface area (Å²) in [5.41, 5.74) is 16.2. The van der Waals surface area contributed by atoms with Crippen LogP contribution in [0.3, 0.4) is 0 Å². The maximum atomic E-state index is 14.0. The van der Waals surface area contributed by atoms with Crippen LogP contribution >= 0.6 is 0 Å². The van der Waals surface area contributed by atoms with Gasteiger partial charge in [-0.05, 0) is 50.9 Å². The summed E-state index contributed by atoms with van der Waals surface area (Å²) < 4.78 is 0. The number of rotatable bonds is 24. The molecule has 13 N–H and O–H groups in total. The second-order valence-electron chi connectivity index (χ2n) is 13.8. The van der Waals surface area contributed by atoms with Crippen LogP contribution in [0.15, 0.2) is 4.99 Å². The number of hydrogen-bond acceptors (Lipinski definition) is 10. The van der Waals surface area contributed by atoms with Gasteiger partial charge in [0, 0.05) is 33.0 Å². The first-order valence-electron chi connectivity index (χ1n) is 18.9. The number of nitrogens with one attached hydrogen (secondary N) is 6. The highest BCUT2D eigenvalue weighted by atomic mass is 16.3. The van der Waals surface area contributed by atoms with Crippen molar-refractivity contribution < 1.29 is 43.5 Å². The van der Waals surface area contributed by atoms with Gasteiger partial charge in [-0.25, -0.2) is 0 Å². The molecule has 0 aromatic carbocycles. The fourth-order valence-corrected chi connectivity index (χ4v) is 5.98. The topological polar surface area (TPSA) is 323 Å². The third-order valence-corrected chi connectivity index (χ3v) is 9.52. The van der Waals surface area contributed by atoms with Gasteiger partial charge in [-0.1, -0.05) is 40.5 Å². The Balaban J connectivity index is 3.34. The SMILES string of the molecule is CCNC(=O)[C@@H]1CCCN1C(=O)[C@H](CCCN=C(N)N)NC(=O)[C@@H](NC(=O)[C@H](CCC(N)=O)NC(=O)[C@H](CO)NC(=O)[C@H](NC(C)=O)[C@@H](C)CC)[C@@H](C)CC. The van der Waals surface area contributed by atoms with Crippen molar-refractivity contribution in [3.63, 3.8) is 0 Å². The molecule has 55 heavy (non-hydrogen) atoms. The number of nitrogens with two attached hydrogens (primary N) is 3. The zero-order valence-electron chi connectivity index (χ0n) is 32.9. The molecule has 8 amide bonds. The zero-order valence-corrected chi connectivity index (χ0v) is 32.9. The summed E-state index contributed by atoms with van der Waals surface area (Å²) in [5.74, 6) is -6.33. The van der Waals surface area contributed by atoms with E-state index in [1.807, 2.05) is 6.92 Å². The Morgan fingerprint density at radius 3 is 1.82 bits per heavy atom. The maximum Gasteiger partial charge on any atom is 0.245 e. The summed E-state index contributed by atoms with van der Waals surface area (Å²) in [4.78, 5) is 110. The van der Waals surface area contributed by atoms with Crippen LogP contribution in [0.25, 0.3) is 0 Å². The molecule has 1 heterocycles. The zero-order chi connectivity index (χ0) is 41.8. The highest BCUT2D eigenvalue weighted by Crippen LogP contribution is 2.20. The van der Waals surface area contributed by atoms with Crippen LogP contribution in [-0.4, -0.2) is 126 Å². The van der Waals surface area contributed by atoms with Gasteiger partial charge in [0.2, 0.25) is 47.3 Å². The summed E-state index contributed by atoms with van der Waals surface area (Å²) in [6.45, 7) is 9.98. The molecule has 1 rings (SSSR count). The number of carbonyl (C=O) groups is 8. The van der Waals surface area contributed by atoms with Crippen molar-refractivity contribution in [3.8, 4) is 0 Å². The highest BCUT2D eigenvalue weighted by molar-refractivity contribution is 5.97. The Labute approximate surface area is 322 Å². The van der Waals surface area contributed by atoms with Crippen LogP contribution in [0, 0.1) is 11.8 Å².